The Bertz CT molecular complexity index is 580. The van der Waals surface area contributed by atoms with Gasteiger partial charge in [0.1, 0.15) is 5.75 Å². The molecule has 20 heavy (non-hydrogen) atoms. The summed E-state index contributed by atoms with van der Waals surface area (Å²) in [6, 6.07) is 5.93. The highest BCUT2D eigenvalue weighted by atomic mass is 16.5. The normalized spacial score (nSPS) is 30.4. The van der Waals surface area contributed by atoms with Crippen LogP contribution >= 0.6 is 0 Å². The predicted octanol–water partition coefficient (Wildman–Crippen LogP) is -0.350. The zero-order valence-electron chi connectivity index (χ0n) is 10.4. The monoisotopic (exact) mass is 274 g/mol. The number of fused-ring (bicyclic) bond motifs is 2. The third-order valence-corrected chi connectivity index (χ3v) is 3.61. The highest BCUT2D eigenvalue weighted by molar-refractivity contribution is 5.96. The number of carbonyl (C=O) groups is 2. The van der Waals surface area contributed by atoms with Crippen molar-refractivity contribution in [2.75, 3.05) is 5.32 Å². The van der Waals surface area contributed by atoms with Gasteiger partial charge >= 0.3 is 0 Å². The Hall–Kier alpha value is -2.34. The van der Waals surface area contributed by atoms with Crippen LogP contribution in [0.15, 0.2) is 36.4 Å². The van der Waals surface area contributed by atoms with E-state index in [-0.39, 0.29) is 5.75 Å². The van der Waals surface area contributed by atoms with Crippen LogP contribution in [0.25, 0.3) is 0 Å². The van der Waals surface area contributed by atoms with E-state index in [0.29, 0.717) is 5.69 Å². The van der Waals surface area contributed by atoms with Crippen LogP contribution < -0.4 is 10.4 Å². The number of amides is 1. The molecule has 6 heteroatoms. The number of rotatable bonds is 3. The van der Waals surface area contributed by atoms with Crippen molar-refractivity contribution >= 4 is 17.6 Å². The maximum absolute atomic E-state index is 12.2. The van der Waals surface area contributed by atoms with Crippen LogP contribution in [0.4, 0.5) is 5.69 Å². The molecule has 0 aromatic heterocycles. The van der Waals surface area contributed by atoms with Crippen LogP contribution in [0.5, 0.6) is 5.75 Å². The van der Waals surface area contributed by atoms with E-state index in [1.54, 1.807) is 12.2 Å². The van der Waals surface area contributed by atoms with Crippen LogP contribution in [0.2, 0.25) is 0 Å². The largest absolute Gasteiger partial charge is 0.550 e. The molecular formula is C14H12NO5-. The number of ether oxygens (including phenoxy) is 1. The van der Waals surface area contributed by atoms with Gasteiger partial charge < -0.3 is 25.1 Å². The minimum Gasteiger partial charge on any atom is -0.550 e. The molecule has 0 saturated carbocycles. The number of carboxylic acids is 1. The van der Waals surface area contributed by atoms with Gasteiger partial charge in [-0.1, -0.05) is 12.2 Å². The summed E-state index contributed by atoms with van der Waals surface area (Å²) in [5.41, 5.74) is 0.483. The minimum atomic E-state index is -1.28. The number of carboxylic acid groups (broad SMARTS) is 1. The first-order valence-corrected chi connectivity index (χ1v) is 6.21. The van der Waals surface area contributed by atoms with Gasteiger partial charge in [0, 0.05) is 17.6 Å². The van der Waals surface area contributed by atoms with Crippen LogP contribution in [0.1, 0.15) is 0 Å². The van der Waals surface area contributed by atoms with Crippen LogP contribution in [0, 0.1) is 11.8 Å². The van der Waals surface area contributed by atoms with E-state index in [1.165, 1.54) is 24.3 Å². The van der Waals surface area contributed by atoms with Crippen molar-refractivity contribution in [2.45, 2.75) is 12.2 Å². The Labute approximate surface area is 114 Å². The molecular weight excluding hydrogens is 262 g/mol. The minimum absolute atomic E-state index is 0.0850. The van der Waals surface area contributed by atoms with Crippen molar-refractivity contribution in [2.24, 2.45) is 11.8 Å². The van der Waals surface area contributed by atoms with Gasteiger partial charge in [-0.05, 0) is 24.3 Å². The summed E-state index contributed by atoms with van der Waals surface area (Å²) >= 11 is 0. The van der Waals surface area contributed by atoms with E-state index >= 15 is 0 Å². The average molecular weight is 274 g/mol. The van der Waals surface area contributed by atoms with Crippen molar-refractivity contribution in [3.05, 3.63) is 36.4 Å². The molecule has 0 radical (unpaired) electrons. The van der Waals surface area contributed by atoms with Crippen LogP contribution in [-0.4, -0.2) is 29.2 Å². The molecule has 0 aliphatic carbocycles. The third-order valence-electron chi connectivity index (χ3n) is 3.61. The first kappa shape index (κ1) is 12.7. The molecule has 1 amide bonds. The zero-order valence-corrected chi connectivity index (χ0v) is 10.4. The highest BCUT2D eigenvalue weighted by Crippen LogP contribution is 2.39. The molecule has 1 fully saturated rings. The maximum atomic E-state index is 12.2. The molecule has 1 aromatic rings. The lowest BCUT2D eigenvalue weighted by Crippen LogP contribution is -2.45. The number of phenolic OH excluding ortho intramolecular Hbond substituents is 1. The first-order valence-electron chi connectivity index (χ1n) is 6.21. The Balaban J connectivity index is 1.78. The van der Waals surface area contributed by atoms with E-state index in [2.05, 4.69) is 5.32 Å². The van der Waals surface area contributed by atoms with Gasteiger partial charge in [-0.15, -0.1) is 0 Å². The lowest BCUT2D eigenvalue weighted by atomic mass is 9.82. The zero-order chi connectivity index (χ0) is 14.3. The van der Waals surface area contributed by atoms with Crippen molar-refractivity contribution < 1.29 is 24.5 Å². The summed E-state index contributed by atoms with van der Waals surface area (Å²) in [6.45, 7) is 0. The van der Waals surface area contributed by atoms with Gasteiger partial charge in [0.05, 0.1) is 18.1 Å². The standard InChI is InChI=1S/C14H13NO5/c16-8-3-1-7(2-4-8)15-13(17)11-9-5-6-10(20-9)12(11)14(18)19/h1-6,9-12,16H,(H,15,17)(H,18,19)/p-1/t9-,10+,11-,12-/m0/s1. The predicted molar refractivity (Wildman–Crippen MR) is 66.5 cm³/mol. The second-order valence-corrected chi connectivity index (χ2v) is 4.86. The molecule has 3 rings (SSSR count). The van der Waals surface area contributed by atoms with E-state index in [4.69, 9.17) is 4.74 Å². The second kappa shape index (κ2) is 4.64. The lowest BCUT2D eigenvalue weighted by molar-refractivity contribution is -0.313. The number of aliphatic carboxylic acids is 1. The Morgan fingerprint density at radius 1 is 1.10 bits per heavy atom. The number of hydrogen-bond acceptors (Lipinski definition) is 5. The molecule has 0 spiro atoms. The van der Waals surface area contributed by atoms with E-state index in [0.717, 1.165) is 0 Å². The van der Waals surface area contributed by atoms with Gasteiger partial charge in [-0.25, -0.2) is 0 Å². The smallest absolute Gasteiger partial charge is 0.231 e. The fourth-order valence-electron chi connectivity index (χ4n) is 2.67. The van der Waals surface area contributed by atoms with Gasteiger partial charge in [0.25, 0.3) is 0 Å². The Morgan fingerprint density at radius 3 is 2.30 bits per heavy atom. The third kappa shape index (κ3) is 2.04. The summed E-state index contributed by atoms with van der Waals surface area (Å²) in [6.07, 6.45) is 2.22. The molecule has 2 bridgehead atoms. The number of benzene rings is 1. The topological polar surface area (TPSA) is 98.7 Å². The molecule has 2 aliphatic heterocycles. The quantitative estimate of drug-likeness (QED) is 0.580. The highest BCUT2D eigenvalue weighted by Gasteiger charge is 2.50. The average Bonchev–Trinajstić information content (AvgIpc) is 3.01. The molecule has 6 nitrogen and oxygen atoms in total. The van der Waals surface area contributed by atoms with E-state index < -0.39 is 35.9 Å². The van der Waals surface area contributed by atoms with Crippen molar-refractivity contribution in [3.63, 3.8) is 0 Å². The molecule has 2 N–H and O–H groups in total. The fourth-order valence-corrected chi connectivity index (χ4v) is 2.67. The summed E-state index contributed by atoms with van der Waals surface area (Å²) < 4.78 is 5.40. The number of hydrogen-bond donors (Lipinski definition) is 2. The lowest BCUT2D eigenvalue weighted by Gasteiger charge is -2.24. The molecule has 2 aliphatic rings. The molecule has 1 saturated heterocycles. The van der Waals surface area contributed by atoms with Gasteiger partial charge in [0.15, 0.2) is 0 Å². The van der Waals surface area contributed by atoms with E-state index in [9.17, 15) is 19.8 Å². The molecule has 4 atom stereocenters. The van der Waals surface area contributed by atoms with Crippen molar-refractivity contribution in [1.82, 2.24) is 0 Å². The summed E-state index contributed by atoms with van der Waals surface area (Å²) in [5.74, 6) is -3.40. The summed E-state index contributed by atoms with van der Waals surface area (Å²) in [7, 11) is 0. The molecule has 1 aromatic carbocycles. The second-order valence-electron chi connectivity index (χ2n) is 4.86. The fraction of sp³-hybridized carbons (Fsp3) is 0.286. The van der Waals surface area contributed by atoms with Crippen LogP contribution in [-0.2, 0) is 14.3 Å². The first-order chi connectivity index (χ1) is 9.56. The summed E-state index contributed by atoms with van der Waals surface area (Å²) in [4.78, 5) is 23.4. The summed E-state index contributed by atoms with van der Waals surface area (Å²) in [5, 5.41) is 23.0. The Morgan fingerprint density at radius 2 is 1.70 bits per heavy atom. The van der Waals surface area contributed by atoms with Gasteiger partial charge in [0.2, 0.25) is 5.91 Å². The number of anilines is 1. The van der Waals surface area contributed by atoms with Gasteiger partial charge in [-0.2, -0.15) is 0 Å². The number of nitrogens with one attached hydrogen (secondary N) is 1. The molecule has 104 valence electrons. The van der Waals surface area contributed by atoms with Crippen LogP contribution in [0.3, 0.4) is 0 Å². The number of carbonyl (C=O) groups excluding carboxylic acids is 2. The number of aromatic hydroxyl groups is 1. The van der Waals surface area contributed by atoms with Crippen molar-refractivity contribution in [1.29, 1.82) is 0 Å². The Kier molecular flexibility index (Phi) is 2.94. The van der Waals surface area contributed by atoms with Gasteiger partial charge in [-0.3, -0.25) is 4.79 Å². The number of phenols is 1. The molecule has 2 heterocycles. The SMILES string of the molecule is O=C(Nc1ccc(O)cc1)[C@@H]1[C@@H](C(=O)[O-])[C@H]2C=C[C@@H]1O2. The van der Waals surface area contributed by atoms with E-state index in [1.807, 2.05) is 0 Å². The maximum Gasteiger partial charge on any atom is 0.231 e. The van der Waals surface area contributed by atoms with Crippen molar-refractivity contribution in [3.8, 4) is 5.75 Å². The molecule has 0 unspecified atom stereocenters.